The molecule has 0 radical (unpaired) electrons. The standard InChI is InChI=1S/C13H12ClFN2O/c1-16-8-11-9(14)6-7-13(17-11)18-12-5-3-2-4-10(12)15/h2-7,16H,8H2,1H3. The maximum atomic E-state index is 13.4. The van der Waals surface area contributed by atoms with E-state index in [-0.39, 0.29) is 5.75 Å². The van der Waals surface area contributed by atoms with Gasteiger partial charge < -0.3 is 10.1 Å². The molecule has 1 N–H and O–H groups in total. The van der Waals surface area contributed by atoms with Gasteiger partial charge in [-0.1, -0.05) is 23.7 Å². The molecule has 0 amide bonds. The summed E-state index contributed by atoms with van der Waals surface area (Å²) in [5, 5.41) is 3.50. The number of halogens is 2. The Morgan fingerprint density at radius 3 is 2.78 bits per heavy atom. The smallest absolute Gasteiger partial charge is 0.219 e. The second-order valence-corrected chi connectivity index (χ2v) is 4.05. The molecule has 2 aromatic rings. The van der Waals surface area contributed by atoms with Crippen molar-refractivity contribution in [1.29, 1.82) is 0 Å². The van der Waals surface area contributed by atoms with Gasteiger partial charge in [0.1, 0.15) is 0 Å². The summed E-state index contributed by atoms with van der Waals surface area (Å²) in [7, 11) is 1.79. The normalized spacial score (nSPS) is 10.4. The van der Waals surface area contributed by atoms with Crippen LogP contribution in [0.1, 0.15) is 5.69 Å². The highest BCUT2D eigenvalue weighted by atomic mass is 35.5. The maximum Gasteiger partial charge on any atom is 0.219 e. The van der Waals surface area contributed by atoms with E-state index in [1.807, 2.05) is 0 Å². The van der Waals surface area contributed by atoms with E-state index < -0.39 is 5.82 Å². The summed E-state index contributed by atoms with van der Waals surface area (Å²) in [6, 6.07) is 9.46. The average molecular weight is 267 g/mol. The highest BCUT2D eigenvalue weighted by Crippen LogP contribution is 2.24. The van der Waals surface area contributed by atoms with Crippen LogP contribution in [-0.4, -0.2) is 12.0 Å². The Balaban J connectivity index is 2.24. The predicted octanol–water partition coefficient (Wildman–Crippen LogP) is 3.39. The first kappa shape index (κ1) is 12.8. The second-order valence-electron chi connectivity index (χ2n) is 3.64. The van der Waals surface area contributed by atoms with Crippen LogP contribution in [0.15, 0.2) is 36.4 Å². The van der Waals surface area contributed by atoms with Crippen molar-refractivity contribution in [3.05, 3.63) is 52.9 Å². The summed E-state index contributed by atoms with van der Waals surface area (Å²) in [6.07, 6.45) is 0. The fraction of sp³-hybridized carbons (Fsp3) is 0.154. The monoisotopic (exact) mass is 266 g/mol. The van der Waals surface area contributed by atoms with Crippen molar-refractivity contribution in [1.82, 2.24) is 10.3 Å². The van der Waals surface area contributed by atoms with Gasteiger partial charge >= 0.3 is 0 Å². The van der Waals surface area contributed by atoms with Gasteiger partial charge in [0.05, 0.1) is 10.7 Å². The van der Waals surface area contributed by atoms with Gasteiger partial charge in [0.25, 0.3) is 0 Å². The molecule has 0 aliphatic rings. The molecule has 0 saturated carbocycles. The topological polar surface area (TPSA) is 34.2 Å². The molecule has 0 saturated heterocycles. The van der Waals surface area contributed by atoms with Crippen molar-refractivity contribution >= 4 is 11.6 Å². The number of ether oxygens (including phenoxy) is 1. The van der Waals surface area contributed by atoms with Gasteiger partial charge in [-0.05, 0) is 25.2 Å². The minimum atomic E-state index is -0.426. The number of pyridine rings is 1. The van der Waals surface area contributed by atoms with Crippen LogP contribution in [0, 0.1) is 5.82 Å². The van der Waals surface area contributed by atoms with Crippen LogP contribution in [0.25, 0.3) is 0 Å². The second kappa shape index (κ2) is 5.80. The summed E-state index contributed by atoms with van der Waals surface area (Å²) in [4.78, 5) is 4.22. The first-order valence-corrected chi connectivity index (χ1v) is 5.81. The Morgan fingerprint density at radius 2 is 2.06 bits per heavy atom. The third-order valence-electron chi connectivity index (χ3n) is 2.29. The van der Waals surface area contributed by atoms with Crippen molar-refractivity contribution in [3.63, 3.8) is 0 Å². The van der Waals surface area contributed by atoms with Gasteiger partial charge in [-0.15, -0.1) is 0 Å². The van der Waals surface area contributed by atoms with Crippen molar-refractivity contribution in [3.8, 4) is 11.6 Å². The molecular formula is C13H12ClFN2O. The number of hydrogen-bond donors (Lipinski definition) is 1. The van der Waals surface area contributed by atoms with Gasteiger partial charge in [0, 0.05) is 12.6 Å². The number of benzene rings is 1. The molecular weight excluding hydrogens is 255 g/mol. The maximum absolute atomic E-state index is 13.4. The minimum absolute atomic E-state index is 0.141. The molecule has 0 aliphatic carbocycles. The Hall–Kier alpha value is -1.65. The lowest BCUT2D eigenvalue weighted by molar-refractivity contribution is 0.425. The predicted molar refractivity (Wildman–Crippen MR) is 68.5 cm³/mol. The molecule has 0 spiro atoms. The number of rotatable bonds is 4. The molecule has 5 heteroatoms. The van der Waals surface area contributed by atoms with Gasteiger partial charge in [-0.25, -0.2) is 9.37 Å². The van der Waals surface area contributed by atoms with Gasteiger partial charge in [-0.3, -0.25) is 0 Å². The molecule has 0 atom stereocenters. The lowest BCUT2D eigenvalue weighted by Gasteiger charge is -2.08. The van der Waals surface area contributed by atoms with Crippen molar-refractivity contribution in [2.24, 2.45) is 0 Å². The van der Waals surface area contributed by atoms with Crippen LogP contribution < -0.4 is 10.1 Å². The average Bonchev–Trinajstić information content (AvgIpc) is 2.36. The SMILES string of the molecule is CNCc1nc(Oc2ccccc2F)ccc1Cl. The summed E-state index contributed by atoms with van der Waals surface area (Å²) in [5.41, 5.74) is 0.660. The van der Waals surface area contributed by atoms with Crippen LogP contribution in [0.5, 0.6) is 11.6 Å². The molecule has 3 nitrogen and oxygen atoms in total. The third kappa shape index (κ3) is 2.97. The highest BCUT2D eigenvalue weighted by molar-refractivity contribution is 6.31. The van der Waals surface area contributed by atoms with Crippen LogP contribution in [0.3, 0.4) is 0 Å². The van der Waals surface area contributed by atoms with E-state index in [2.05, 4.69) is 10.3 Å². The molecule has 0 aliphatic heterocycles. The largest absolute Gasteiger partial charge is 0.436 e. The summed E-state index contributed by atoms with van der Waals surface area (Å²) < 4.78 is 18.8. The number of hydrogen-bond acceptors (Lipinski definition) is 3. The molecule has 1 aromatic heterocycles. The first-order chi connectivity index (χ1) is 8.70. The molecule has 94 valence electrons. The molecule has 2 rings (SSSR count). The zero-order valence-electron chi connectivity index (χ0n) is 9.78. The van der Waals surface area contributed by atoms with E-state index in [0.29, 0.717) is 23.1 Å². The molecule has 0 fully saturated rings. The van der Waals surface area contributed by atoms with E-state index >= 15 is 0 Å². The fourth-order valence-corrected chi connectivity index (χ4v) is 1.62. The van der Waals surface area contributed by atoms with E-state index in [1.165, 1.54) is 6.07 Å². The molecule has 1 heterocycles. The summed E-state index contributed by atoms with van der Waals surface area (Å²) >= 11 is 5.98. The van der Waals surface area contributed by atoms with Crippen molar-refractivity contribution < 1.29 is 9.13 Å². The Kier molecular flexibility index (Phi) is 4.12. The summed E-state index contributed by atoms with van der Waals surface area (Å²) in [6.45, 7) is 0.521. The lowest BCUT2D eigenvalue weighted by atomic mass is 10.3. The van der Waals surface area contributed by atoms with E-state index in [1.54, 1.807) is 37.4 Å². The lowest BCUT2D eigenvalue weighted by Crippen LogP contribution is -2.08. The molecule has 18 heavy (non-hydrogen) atoms. The van der Waals surface area contributed by atoms with Crippen LogP contribution in [0.4, 0.5) is 4.39 Å². The van der Waals surface area contributed by atoms with Crippen LogP contribution in [-0.2, 0) is 6.54 Å². The molecule has 1 aromatic carbocycles. The number of aromatic nitrogens is 1. The summed E-state index contributed by atoms with van der Waals surface area (Å²) in [5.74, 6) is 0.0295. The van der Waals surface area contributed by atoms with Crippen LogP contribution in [0.2, 0.25) is 5.02 Å². The quantitative estimate of drug-likeness (QED) is 0.921. The zero-order valence-corrected chi connectivity index (χ0v) is 10.5. The Morgan fingerprint density at radius 1 is 1.28 bits per heavy atom. The molecule has 0 bridgehead atoms. The number of nitrogens with zero attached hydrogens (tertiary/aromatic N) is 1. The third-order valence-corrected chi connectivity index (χ3v) is 2.63. The number of nitrogens with one attached hydrogen (secondary N) is 1. The van der Waals surface area contributed by atoms with Crippen molar-refractivity contribution in [2.75, 3.05) is 7.05 Å². The van der Waals surface area contributed by atoms with Gasteiger partial charge in [-0.2, -0.15) is 0 Å². The Labute approximate surface area is 110 Å². The van der Waals surface area contributed by atoms with Crippen LogP contribution >= 0.6 is 11.6 Å². The van der Waals surface area contributed by atoms with Gasteiger partial charge in [0.2, 0.25) is 5.88 Å². The fourth-order valence-electron chi connectivity index (χ4n) is 1.45. The van der Waals surface area contributed by atoms with Crippen molar-refractivity contribution in [2.45, 2.75) is 6.54 Å². The minimum Gasteiger partial charge on any atom is -0.436 e. The highest BCUT2D eigenvalue weighted by Gasteiger charge is 2.07. The van der Waals surface area contributed by atoms with E-state index in [0.717, 1.165) is 0 Å². The Bertz CT molecular complexity index is 548. The van der Waals surface area contributed by atoms with E-state index in [9.17, 15) is 4.39 Å². The molecule has 0 unspecified atom stereocenters. The van der Waals surface area contributed by atoms with E-state index in [4.69, 9.17) is 16.3 Å². The first-order valence-electron chi connectivity index (χ1n) is 5.43. The van der Waals surface area contributed by atoms with Gasteiger partial charge in [0.15, 0.2) is 11.6 Å². The number of para-hydroxylation sites is 1. The zero-order chi connectivity index (χ0) is 13.0.